The molecule has 3 rings (SSSR count). The maximum absolute atomic E-state index is 14.0. The predicted molar refractivity (Wildman–Crippen MR) is 105 cm³/mol. The highest BCUT2D eigenvalue weighted by atomic mass is 32.2. The third-order valence-electron chi connectivity index (χ3n) is 4.86. The first-order valence-electron chi connectivity index (χ1n) is 9.20. The fourth-order valence-electron chi connectivity index (χ4n) is 3.20. The summed E-state index contributed by atoms with van der Waals surface area (Å²) in [5, 5.41) is -0.174. The molecule has 150 valence electrons. The molecule has 0 unspecified atom stereocenters. The normalized spacial score (nSPS) is 17.0. The molecule has 2 aromatic rings. The van der Waals surface area contributed by atoms with E-state index in [1.165, 1.54) is 30.3 Å². The third-order valence-corrected chi connectivity index (χ3v) is 6.12. The molecule has 7 heteroatoms. The van der Waals surface area contributed by atoms with Gasteiger partial charge < -0.3 is 4.90 Å². The van der Waals surface area contributed by atoms with Crippen molar-refractivity contribution in [3.8, 4) is 0 Å². The van der Waals surface area contributed by atoms with Crippen molar-refractivity contribution in [1.82, 2.24) is 9.80 Å². The fraction of sp³-hybridized carbons (Fsp3) is 0.381. The van der Waals surface area contributed by atoms with E-state index in [0.29, 0.717) is 6.54 Å². The highest BCUT2D eigenvalue weighted by Gasteiger charge is 2.32. The molecule has 0 N–H and O–H groups in total. The Morgan fingerprint density at radius 1 is 1.14 bits per heavy atom. The maximum Gasteiger partial charge on any atom is 0.237 e. The number of thioether (sulfide) groups is 1. The van der Waals surface area contributed by atoms with Gasteiger partial charge in [0.05, 0.1) is 6.54 Å². The van der Waals surface area contributed by atoms with Crippen molar-refractivity contribution in [3.63, 3.8) is 0 Å². The second kappa shape index (κ2) is 9.01. The fourth-order valence-corrected chi connectivity index (χ4v) is 4.48. The van der Waals surface area contributed by atoms with Crippen molar-refractivity contribution in [3.05, 3.63) is 71.0 Å². The van der Waals surface area contributed by atoms with Crippen molar-refractivity contribution < 1.29 is 18.0 Å². The van der Waals surface area contributed by atoms with Crippen molar-refractivity contribution in [2.45, 2.75) is 31.8 Å². The Bertz CT molecular complexity index is 809. The van der Waals surface area contributed by atoms with Crippen molar-refractivity contribution >= 4 is 17.7 Å². The van der Waals surface area contributed by atoms with E-state index in [0.717, 1.165) is 11.3 Å². The van der Waals surface area contributed by atoms with Crippen molar-refractivity contribution in [2.75, 3.05) is 18.8 Å². The van der Waals surface area contributed by atoms with Gasteiger partial charge in [-0.25, -0.2) is 13.2 Å². The molecule has 1 amide bonds. The lowest BCUT2D eigenvalue weighted by molar-refractivity contribution is -0.133. The lowest BCUT2D eigenvalue weighted by atomic mass is 10.1. The molecule has 1 fully saturated rings. The smallest absolute Gasteiger partial charge is 0.237 e. The zero-order chi connectivity index (χ0) is 20.3. The van der Waals surface area contributed by atoms with Crippen molar-refractivity contribution in [2.24, 2.45) is 0 Å². The van der Waals surface area contributed by atoms with Gasteiger partial charge in [-0.2, -0.15) is 0 Å². The zero-order valence-electron chi connectivity index (χ0n) is 15.9. The van der Waals surface area contributed by atoms with Crippen LogP contribution >= 0.6 is 11.8 Å². The van der Waals surface area contributed by atoms with Gasteiger partial charge >= 0.3 is 0 Å². The average molecular weight is 408 g/mol. The second-order valence-corrected chi connectivity index (χ2v) is 8.25. The van der Waals surface area contributed by atoms with Gasteiger partial charge in [-0.05, 0) is 43.7 Å². The number of halogens is 3. The number of nitrogens with zero attached hydrogens (tertiary/aromatic N) is 2. The van der Waals surface area contributed by atoms with Crippen LogP contribution in [-0.4, -0.2) is 40.6 Å². The molecule has 1 saturated heterocycles. The van der Waals surface area contributed by atoms with E-state index in [9.17, 15) is 18.0 Å². The van der Waals surface area contributed by atoms with Crippen LogP contribution in [-0.2, 0) is 11.3 Å². The summed E-state index contributed by atoms with van der Waals surface area (Å²) in [6, 6.07) is 9.86. The number of amides is 1. The first-order chi connectivity index (χ1) is 13.4. The highest BCUT2D eigenvalue weighted by Crippen LogP contribution is 2.38. The molecular weight excluding hydrogens is 385 g/mol. The minimum atomic E-state index is -0.612. The molecule has 0 aromatic heterocycles. The summed E-state index contributed by atoms with van der Waals surface area (Å²) in [6.07, 6.45) is 0. The molecular formula is C21H23F3N2OS. The molecule has 2 aromatic carbocycles. The van der Waals surface area contributed by atoms with Gasteiger partial charge in [0.25, 0.3) is 0 Å². The lowest BCUT2D eigenvalue weighted by Crippen LogP contribution is -2.42. The van der Waals surface area contributed by atoms with E-state index in [2.05, 4.69) is 0 Å². The standard InChI is InChI=1S/C21H23F3N2OS/c1-14(2)25(12-17-18(23)4-3-5-19(17)24)13-20(27)26-10-11-28-21(26)15-6-8-16(22)9-7-15/h3-9,14,21H,10-13H2,1-2H3/t21-/m0/s1. The topological polar surface area (TPSA) is 23.6 Å². The molecule has 3 nitrogen and oxygen atoms in total. The van der Waals surface area contributed by atoms with Crippen LogP contribution in [0.3, 0.4) is 0 Å². The third kappa shape index (κ3) is 4.70. The molecule has 1 heterocycles. The summed E-state index contributed by atoms with van der Waals surface area (Å²) in [4.78, 5) is 16.5. The van der Waals surface area contributed by atoms with E-state index < -0.39 is 11.6 Å². The summed E-state index contributed by atoms with van der Waals surface area (Å²) in [6.45, 7) is 4.45. The SMILES string of the molecule is CC(C)N(CC(=O)N1CCS[C@H]1c1ccc(F)cc1)Cc1c(F)cccc1F. The van der Waals surface area contributed by atoms with Crippen LogP contribution in [0.4, 0.5) is 13.2 Å². The quantitative estimate of drug-likeness (QED) is 0.699. The molecule has 0 spiro atoms. The van der Waals surface area contributed by atoms with Gasteiger partial charge in [-0.3, -0.25) is 9.69 Å². The summed E-state index contributed by atoms with van der Waals surface area (Å²) >= 11 is 1.63. The van der Waals surface area contributed by atoms with Crippen LogP contribution in [0, 0.1) is 17.5 Å². The first-order valence-corrected chi connectivity index (χ1v) is 10.2. The molecule has 1 atom stereocenters. The Labute approximate surface area is 167 Å². The number of carbonyl (C=O) groups excluding carboxylic acids is 1. The van der Waals surface area contributed by atoms with Crippen LogP contribution in [0.1, 0.15) is 30.3 Å². The zero-order valence-corrected chi connectivity index (χ0v) is 16.7. The summed E-state index contributed by atoms with van der Waals surface area (Å²) in [7, 11) is 0. The van der Waals surface area contributed by atoms with Gasteiger partial charge in [-0.1, -0.05) is 18.2 Å². The minimum absolute atomic E-state index is 0.0180. The Hall–Kier alpha value is -1.99. The number of benzene rings is 2. The molecule has 1 aliphatic rings. The van der Waals surface area contributed by atoms with E-state index >= 15 is 0 Å². The molecule has 0 saturated carbocycles. The van der Waals surface area contributed by atoms with Gasteiger partial charge in [0, 0.05) is 30.4 Å². The second-order valence-electron chi connectivity index (χ2n) is 7.06. The Morgan fingerprint density at radius 2 is 1.79 bits per heavy atom. The van der Waals surface area contributed by atoms with E-state index in [1.807, 2.05) is 13.8 Å². The Morgan fingerprint density at radius 3 is 2.39 bits per heavy atom. The van der Waals surface area contributed by atoms with Crippen LogP contribution in [0.2, 0.25) is 0 Å². The summed E-state index contributed by atoms with van der Waals surface area (Å²) in [5.41, 5.74) is 0.836. The van der Waals surface area contributed by atoms with Crippen LogP contribution in [0.25, 0.3) is 0 Å². The summed E-state index contributed by atoms with van der Waals surface area (Å²) < 4.78 is 41.3. The van der Waals surface area contributed by atoms with E-state index in [-0.39, 0.29) is 41.8 Å². The lowest BCUT2D eigenvalue weighted by Gasteiger charge is -2.30. The van der Waals surface area contributed by atoms with Crippen molar-refractivity contribution in [1.29, 1.82) is 0 Å². The monoisotopic (exact) mass is 408 g/mol. The van der Waals surface area contributed by atoms with Crippen LogP contribution < -0.4 is 0 Å². The van der Waals surface area contributed by atoms with Gasteiger partial charge in [0.2, 0.25) is 5.91 Å². The van der Waals surface area contributed by atoms with E-state index in [1.54, 1.807) is 33.7 Å². The molecule has 0 bridgehead atoms. The first kappa shape index (κ1) is 20.7. The van der Waals surface area contributed by atoms with Gasteiger partial charge in [-0.15, -0.1) is 11.8 Å². The predicted octanol–water partition coefficient (Wildman–Crippen LogP) is 4.59. The maximum atomic E-state index is 14.0. The molecule has 0 aliphatic carbocycles. The van der Waals surface area contributed by atoms with Gasteiger partial charge in [0.15, 0.2) is 0 Å². The number of hydrogen-bond acceptors (Lipinski definition) is 3. The number of carbonyl (C=O) groups is 1. The minimum Gasteiger partial charge on any atom is -0.325 e. The Balaban J connectivity index is 1.74. The summed E-state index contributed by atoms with van der Waals surface area (Å²) in [5.74, 6) is -0.859. The average Bonchev–Trinajstić information content (AvgIpc) is 3.14. The van der Waals surface area contributed by atoms with Crippen LogP contribution in [0.15, 0.2) is 42.5 Å². The largest absolute Gasteiger partial charge is 0.325 e. The van der Waals surface area contributed by atoms with E-state index in [4.69, 9.17) is 0 Å². The highest BCUT2D eigenvalue weighted by molar-refractivity contribution is 7.99. The molecule has 1 aliphatic heterocycles. The van der Waals surface area contributed by atoms with Crippen LogP contribution in [0.5, 0.6) is 0 Å². The number of rotatable bonds is 6. The molecule has 28 heavy (non-hydrogen) atoms. The molecule has 0 radical (unpaired) electrons. The Kier molecular flexibility index (Phi) is 6.67. The van der Waals surface area contributed by atoms with Gasteiger partial charge in [0.1, 0.15) is 22.8 Å². The number of hydrogen-bond donors (Lipinski definition) is 0.